The van der Waals surface area contributed by atoms with Crippen LogP contribution < -0.4 is 10.5 Å². The molecule has 3 nitrogen and oxygen atoms in total. The molecule has 0 aliphatic rings. The third kappa shape index (κ3) is 2.88. The number of ether oxygens (including phenoxy) is 1. The fraction of sp³-hybridized carbons (Fsp3) is 0.222. The van der Waals surface area contributed by atoms with Crippen LogP contribution in [0.25, 0.3) is 0 Å². The fourth-order valence-electron chi connectivity index (χ4n) is 1.06. The SMILES string of the molecule is CC(=O)c1ccc(OC(F)(F)F)c(N)c1Br. The van der Waals surface area contributed by atoms with E-state index in [1.807, 2.05) is 0 Å². The molecular weight excluding hydrogens is 291 g/mol. The predicted molar refractivity (Wildman–Crippen MR) is 55.2 cm³/mol. The van der Waals surface area contributed by atoms with Crippen LogP contribution in [0.2, 0.25) is 0 Å². The van der Waals surface area contributed by atoms with Crippen LogP contribution in [0, 0.1) is 0 Å². The molecule has 0 amide bonds. The van der Waals surface area contributed by atoms with Gasteiger partial charge in [0.25, 0.3) is 0 Å². The summed E-state index contributed by atoms with van der Waals surface area (Å²) in [6.45, 7) is 1.28. The van der Waals surface area contributed by atoms with Gasteiger partial charge in [-0.2, -0.15) is 0 Å². The Balaban J connectivity index is 3.17. The van der Waals surface area contributed by atoms with E-state index in [1.54, 1.807) is 0 Å². The van der Waals surface area contributed by atoms with Gasteiger partial charge in [0.1, 0.15) is 0 Å². The molecule has 16 heavy (non-hydrogen) atoms. The molecule has 1 aromatic rings. The van der Waals surface area contributed by atoms with E-state index < -0.39 is 12.1 Å². The molecule has 0 saturated heterocycles. The number of hydrogen-bond acceptors (Lipinski definition) is 3. The van der Waals surface area contributed by atoms with E-state index in [-0.39, 0.29) is 21.5 Å². The van der Waals surface area contributed by atoms with Gasteiger partial charge in [0, 0.05) is 5.56 Å². The van der Waals surface area contributed by atoms with Gasteiger partial charge in [-0.3, -0.25) is 4.79 Å². The second-order valence-electron chi connectivity index (χ2n) is 2.94. The standard InChI is InChI=1S/C9H7BrF3NO2/c1-4(15)5-2-3-6(8(14)7(5)10)16-9(11,12)13/h2-3H,14H2,1H3. The van der Waals surface area contributed by atoms with Gasteiger partial charge in [-0.25, -0.2) is 0 Å². The summed E-state index contributed by atoms with van der Waals surface area (Å²) in [5.74, 6) is -0.846. The first-order valence-corrected chi connectivity index (χ1v) is 4.86. The van der Waals surface area contributed by atoms with Crippen molar-refractivity contribution in [1.29, 1.82) is 0 Å². The van der Waals surface area contributed by atoms with E-state index in [1.165, 1.54) is 13.0 Å². The molecule has 0 heterocycles. The molecular formula is C9H7BrF3NO2. The van der Waals surface area contributed by atoms with Crippen molar-refractivity contribution in [2.75, 3.05) is 5.73 Å². The van der Waals surface area contributed by atoms with E-state index >= 15 is 0 Å². The molecule has 1 aromatic carbocycles. The monoisotopic (exact) mass is 297 g/mol. The zero-order valence-corrected chi connectivity index (χ0v) is 9.65. The maximum atomic E-state index is 12.0. The number of rotatable bonds is 2. The van der Waals surface area contributed by atoms with Crippen molar-refractivity contribution in [3.05, 3.63) is 22.2 Å². The van der Waals surface area contributed by atoms with E-state index in [0.29, 0.717) is 0 Å². The van der Waals surface area contributed by atoms with Gasteiger partial charge < -0.3 is 10.5 Å². The van der Waals surface area contributed by atoms with E-state index in [4.69, 9.17) is 5.73 Å². The molecule has 0 fully saturated rings. The van der Waals surface area contributed by atoms with E-state index in [2.05, 4.69) is 20.7 Å². The lowest BCUT2D eigenvalue weighted by Crippen LogP contribution is -2.18. The van der Waals surface area contributed by atoms with Crippen molar-refractivity contribution >= 4 is 27.4 Å². The topological polar surface area (TPSA) is 52.3 Å². The molecule has 0 atom stereocenters. The van der Waals surface area contributed by atoms with Gasteiger partial charge in [-0.1, -0.05) is 0 Å². The Morgan fingerprint density at radius 2 is 2.00 bits per heavy atom. The number of ketones is 1. The van der Waals surface area contributed by atoms with Gasteiger partial charge in [-0.15, -0.1) is 13.2 Å². The molecule has 0 aromatic heterocycles. The number of Topliss-reactive ketones (excluding diaryl/α,β-unsaturated/α-hetero) is 1. The summed E-state index contributed by atoms with van der Waals surface area (Å²) in [6, 6.07) is 2.22. The Hall–Kier alpha value is -1.24. The Kier molecular flexibility index (Phi) is 3.47. The third-order valence-corrected chi connectivity index (χ3v) is 2.60. The van der Waals surface area contributed by atoms with Crippen LogP contribution in [-0.4, -0.2) is 12.1 Å². The Bertz CT molecular complexity index is 431. The zero-order valence-electron chi connectivity index (χ0n) is 8.06. The maximum Gasteiger partial charge on any atom is 0.573 e. The minimum absolute atomic E-state index is 0.0988. The summed E-state index contributed by atoms with van der Waals surface area (Å²) in [5, 5.41) is 0. The number of alkyl halides is 3. The van der Waals surface area contributed by atoms with Crippen molar-refractivity contribution in [1.82, 2.24) is 0 Å². The summed E-state index contributed by atoms with van der Waals surface area (Å²) >= 11 is 2.95. The van der Waals surface area contributed by atoms with Gasteiger partial charge in [0.15, 0.2) is 11.5 Å². The van der Waals surface area contributed by atoms with Crippen molar-refractivity contribution in [2.45, 2.75) is 13.3 Å². The second kappa shape index (κ2) is 4.32. The minimum atomic E-state index is -4.81. The van der Waals surface area contributed by atoms with Crippen molar-refractivity contribution < 1.29 is 22.7 Å². The molecule has 88 valence electrons. The van der Waals surface area contributed by atoms with Crippen molar-refractivity contribution in [2.24, 2.45) is 0 Å². The summed E-state index contributed by atoms with van der Waals surface area (Å²) < 4.78 is 39.6. The lowest BCUT2D eigenvalue weighted by Gasteiger charge is -2.13. The zero-order chi connectivity index (χ0) is 12.5. The lowest BCUT2D eigenvalue weighted by atomic mass is 10.1. The van der Waals surface area contributed by atoms with Crippen LogP contribution in [0.1, 0.15) is 17.3 Å². The molecule has 2 N–H and O–H groups in total. The summed E-state index contributed by atoms with van der Waals surface area (Å²) in [4.78, 5) is 11.1. The molecule has 0 bridgehead atoms. The first-order chi connectivity index (χ1) is 7.22. The van der Waals surface area contributed by atoms with Crippen molar-refractivity contribution in [3.63, 3.8) is 0 Å². The first-order valence-electron chi connectivity index (χ1n) is 4.07. The van der Waals surface area contributed by atoms with Crippen LogP contribution in [0.3, 0.4) is 0 Å². The summed E-state index contributed by atoms with van der Waals surface area (Å²) in [7, 11) is 0. The van der Waals surface area contributed by atoms with E-state index in [9.17, 15) is 18.0 Å². The maximum absolute atomic E-state index is 12.0. The van der Waals surface area contributed by atoms with Crippen LogP contribution in [0.4, 0.5) is 18.9 Å². The van der Waals surface area contributed by atoms with Crippen LogP contribution in [0.5, 0.6) is 5.75 Å². The summed E-state index contributed by atoms with van der Waals surface area (Å²) in [6.07, 6.45) is -4.81. The number of carbonyl (C=O) groups is 1. The minimum Gasteiger partial charge on any atom is -0.404 e. The quantitative estimate of drug-likeness (QED) is 0.674. The molecule has 0 aliphatic heterocycles. The molecule has 0 radical (unpaired) electrons. The number of carbonyl (C=O) groups excluding carboxylic acids is 1. The number of nitrogens with two attached hydrogens (primary N) is 1. The van der Waals surface area contributed by atoms with Crippen LogP contribution in [0.15, 0.2) is 16.6 Å². The van der Waals surface area contributed by atoms with Crippen molar-refractivity contribution in [3.8, 4) is 5.75 Å². The molecule has 7 heteroatoms. The third-order valence-electron chi connectivity index (χ3n) is 1.74. The molecule has 0 saturated carbocycles. The number of anilines is 1. The summed E-state index contributed by atoms with van der Waals surface area (Å²) in [5.41, 5.74) is 5.35. The molecule has 0 spiro atoms. The highest BCUT2D eigenvalue weighted by Gasteiger charge is 2.32. The Morgan fingerprint density at radius 1 is 1.44 bits per heavy atom. The molecule has 0 aliphatic carbocycles. The average Bonchev–Trinajstić information content (AvgIpc) is 2.10. The first kappa shape index (κ1) is 12.8. The van der Waals surface area contributed by atoms with Crippen LogP contribution >= 0.6 is 15.9 Å². The fourth-order valence-corrected chi connectivity index (χ4v) is 1.67. The van der Waals surface area contributed by atoms with Gasteiger partial charge in [0.05, 0.1) is 10.2 Å². The normalized spacial score (nSPS) is 11.3. The number of nitrogen functional groups attached to an aromatic ring is 1. The van der Waals surface area contributed by atoms with E-state index in [0.717, 1.165) is 6.07 Å². The smallest absolute Gasteiger partial charge is 0.404 e. The number of benzene rings is 1. The van der Waals surface area contributed by atoms with Gasteiger partial charge in [0.2, 0.25) is 0 Å². The Labute approximate surface area is 97.5 Å². The highest BCUT2D eigenvalue weighted by atomic mass is 79.9. The average molecular weight is 298 g/mol. The largest absolute Gasteiger partial charge is 0.573 e. The number of halogens is 4. The molecule has 1 rings (SSSR count). The highest BCUT2D eigenvalue weighted by Crippen LogP contribution is 2.35. The van der Waals surface area contributed by atoms with Crippen LogP contribution in [-0.2, 0) is 0 Å². The predicted octanol–water partition coefficient (Wildman–Crippen LogP) is 3.13. The molecule has 0 unspecified atom stereocenters. The highest BCUT2D eigenvalue weighted by molar-refractivity contribution is 9.10. The number of hydrogen-bond donors (Lipinski definition) is 1. The lowest BCUT2D eigenvalue weighted by molar-refractivity contribution is -0.274. The van der Waals surface area contributed by atoms with Gasteiger partial charge in [-0.05, 0) is 35.0 Å². The second-order valence-corrected chi connectivity index (χ2v) is 3.74. The van der Waals surface area contributed by atoms with Gasteiger partial charge >= 0.3 is 6.36 Å². The Morgan fingerprint density at radius 3 is 2.44 bits per heavy atom.